The van der Waals surface area contributed by atoms with Crippen molar-refractivity contribution in [3.8, 4) is 0 Å². The molecule has 0 saturated carbocycles. The van der Waals surface area contributed by atoms with E-state index in [9.17, 15) is 12.8 Å². The van der Waals surface area contributed by atoms with Crippen molar-refractivity contribution in [1.29, 1.82) is 0 Å². The molecule has 1 heterocycles. The fourth-order valence-corrected chi connectivity index (χ4v) is 2.29. The number of anilines is 2. The van der Waals surface area contributed by atoms with Gasteiger partial charge in [-0.1, -0.05) is 11.6 Å². The van der Waals surface area contributed by atoms with Crippen LogP contribution in [0.3, 0.4) is 0 Å². The number of hydrogen-bond acceptors (Lipinski definition) is 5. The molecular weight excluding hydrogens is 293 g/mol. The summed E-state index contributed by atoms with van der Waals surface area (Å²) in [6, 6.07) is 5.12. The number of halogens is 2. The van der Waals surface area contributed by atoms with E-state index in [1.54, 1.807) is 0 Å². The summed E-state index contributed by atoms with van der Waals surface area (Å²) in [5.41, 5.74) is 0.351. The summed E-state index contributed by atoms with van der Waals surface area (Å²) in [6.07, 6.45) is 2.38. The fraction of sp³-hybridized carbons (Fsp3) is 0.0909. The monoisotopic (exact) mass is 301 g/mol. The van der Waals surface area contributed by atoms with Crippen molar-refractivity contribution < 1.29 is 12.8 Å². The lowest BCUT2D eigenvalue weighted by Gasteiger charge is -2.07. The summed E-state index contributed by atoms with van der Waals surface area (Å²) in [5, 5.41) is 2.99. The van der Waals surface area contributed by atoms with E-state index in [4.69, 9.17) is 11.6 Å². The van der Waals surface area contributed by atoms with Crippen LogP contribution in [0.4, 0.5) is 16.0 Å². The van der Waals surface area contributed by atoms with Crippen LogP contribution in [0, 0.1) is 5.82 Å². The predicted octanol–water partition coefficient (Wildman–Crippen LogP) is 2.42. The van der Waals surface area contributed by atoms with Crippen molar-refractivity contribution in [2.45, 2.75) is 4.90 Å². The Morgan fingerprint density at radius 3 is 2.68 bits per heavy atom. The molecular formula is C11H9ClFN3O2S. The van der Waals surface area contributed by atoms with E-state index >= 15 is 0 Å². The molecule has 0 saturated heterocycles. The van der Waals surface area contributed by atoms with Crippen LogP contribution in [0.1, 0.15) is 0 Å². The Balaban J connectivity index is 2.37. The molecule has 0 aliphatic rings. The van der Waals surface area contributed by atoms with Crippen LogP contribution in [0.2, 0.25) is 5.15 Å². The van der Waals surface area contributed by atoms with Crippen molar-refractivity contribution in [1.82, 2.24) is 9.97 Å². The molecule has 0 unspecified atom stereocenters. The summed E-state index contributed by atoms with van der Waals surface area (Å²) in [4.78, 5) is 7.39. The van der Waals surface area contributed by atoms with Gasteiger partial charge in [-0.2, -0.15) is 0 Å². The van der Waals surface area contributed by atoms with Gasteiger partial charge in [-0.25, -0.2) is 22.8 Å². The van der Waals surface area contributed by atoms with Crippen LogP contribution in [0.5, 0.6) is 0 Å². The highest BCUT2D eigenvalue weighted by molar-refractivity contribution is 7.90. The van der Waals surface area contributed by atoms with Gasteiger partial charge in [0, 0.05) is 18.1 Å². The van der Waals surface area contributed by atoms with Gasteiger partial charge in [0.15, 0.2) is 9.84 Å². The van der Waals surface area contributed by atoms with Crippen LogP contribution >= 0.6 is 11.6 Å². The van der Waals surface area contributed by atoms with Gasteiger partial charge in [0.2, 0.25) is 5.95 Å². The number of nitrogens with one attached hydrogen (secondary N) is 1. The lowest BCUT2D eigenvalue weighted by atomic mass is 10.3. The van der Waals surface area contributed by atoms with E-state index in [0.717, 1.165) is 12.3 Å². The molecule has 0 aliphatic heterocycles. The third kappa shape index (κ3) is 3.39. The predicted molar refractivity (Wildman–Crippen MR) is 69.8 cm³/mol. The molecule has 8 heteroatoms. The minimum atomic E-state index is -3.64. The molecule has 19 heavy (non-hydrogen) atoms. The van der Waals surface area contributed by atoms with Crippen LogP contribution < -0.4 is 5.32 Å². The summed E-state index contributed by atoms with van der Waals surface area (Å²) in [6.45, 7) is 0. The maximum absolute atomic E-state index is 13.4. The normalized spacial score (nSPS) is 11.3. The molecule has 0 aliphatic carbocycles. The summed E-state index contributed by atoms with van der Waals surface area (Å²) in [5.74, 6) is -0.612. The van der Waals surface area contributed by atoms with Gasteiger partial charge >= 0.3 is 0 Å². The second-order valence-corrected chi connectivity index (χ2v) is 6.12. The number of hydrogen-bond donors (Lipinski definition) is 1. The van der Waals surface area contributed by atoms with E-state index < -0.39 is 15.7 Å². The molecule has 0 atom stereocenters. The number of rotatable bonds is 3. The zero-order valence-corrected chi connectivity index (χ0v) is 11.3. The molecule has 0 amide bonds. The number of sulfone groups is 1. The second kappa shape index (κ2) is 5.10. The first kappa shape index (κ1) is 13.7. The Bertz CT molecular complexity index is 722. The first-order chi connectivity index (χ1) is 8.86. The maximum Gasteiger partial charge on any atom is 0.228 e. The van der Waals surface area contributed by atoms with E-state index in [2.05, 4.69) is 15.3 Å². The number of benzene rings is 1. The SMILES string of the molecule is CS(=O)(=O)c1cc(Nc2nccc(Cl)n2)ccc1F. The molecule has 0 fully saturated rings. The molecule has 1 N–H and O–H groups in total. The third-order valence-electron chi connectivity index (χ3n) is 2.21. The van der Waals surface area contributed by atoms with E-state index in [-0.39, 0.29) is 16.0 Å². The Morgan fingerprint density at radius 2 is 2.05 bits per heavy atom. The average Bonchev–Trinajstić information content (AvgIpc) is 2.30. The van der Waals surface area contributed by atoms with Crippen molar-refractivity contribution >= 4 is 33.1 Å². The zero-order chi connectivity index (χ0) is 14.0. The lowest BCUT2D eigenvalue weighted by molar-refractivity contribution is 0.571. The zero-order valence-electron chi connectivity index (χ0n) is 9.76. The first-order valence-corrected chi connectivity index (χ1v) is 7.38. The van der Waals surface area contributed by atoms with Gasteiger partial charge in [-0.05, 0) is 24.3 Å². The average molecular weight is 302 g/mol. The third-order valence-corrected chi connectivity index (χ3v) is 3.53. The van der Waals surface area contributed by atoms with Crippen LogP contribution in [0.25, 0.3) is 0 Å². The molecule has 2 rings (SSSR count). The van der Waals surface area contributed by atoms with Gasteiger partial charge in [0.25, 0.3) is 0 Å². The summed E-state index contributed by atoms with van der Waals surface area (Å²) < 4.78 is 36.2. The van der Waals surface area contributed by atoms with Gasteiger partial charge in [0.05, 0.1) is 0 Å². The van der Waals surface area contributed by atoms with E-state index in [0.29, 0.717) is 5.69 Å². The molecule has 0 spiro atoms. The minimum absolute atomic E-state index is 0.193. The van der Waals surface area contributed by atoms with Gasteiger partial charge in [-0.15, -0.1) is 0 Å². The van der Waals surface area contributed by atoms with Gasteiger partial charge in [0.1, 0.15) is 15.9 Å². The van der Waals surface area contributed by atoms with E-state index in [1.807, 2.05) is 0 Å². The van der Waals surface area contributed by atoms with Crippen LogP contribution in [-0.2, 0) is 9.84 Å². The van der Waals surface area contributed by atoms with Crippen molar-refractivity contribution in [2.75, 3.05) is 11.6 Å². The largest absolute Gasteiger partial charge is 0.324 e. The molecule has 100 valence electrons. The maximum atomic E-state index is 13.4. The Morgan fingerprint density at radius 1 is 1.32 bits per heavy atom. The van der Waals surface area contributed by atoms with Crippen molar-refractivity contribution in [3.05, 3.63) is 41.4 Å². The van der Waals surface area contributed by atoms with E-state index in [1.165, 1.54) is 24.4 Å². The summed E-state index contributed by atoms with van der Waals surface area (Å²) in [7, 11) is -3.64. The number of nitrogens with zero attached hydrogens (tertiary/aromatic N) is 2. The summed E-state index contributed by atoms with van der Waals surface area (Å²) >= 11 is 5.69. The quantitative estimate of drug-likeness (QED) is 0.882. The standard InChI is InChI=1S/C11H9ClFN3O2S/c1-19(17,18)9-6-7(2-3-8(9)13)15-11-14-5-4-10(12)16-11/h2-6H,1H3,(H,14,15,16). The van der Waals surface area contributed by atoms with Crippen molar-refractivity contribution in [3.63, 3.8) is 0 Å². The second-order valence-electron chi connectivity index (χ2n) is 3.75. The van der Waals surface area contributed by atoms with Gasteiger partial charge in [-0.3, -0.25) is 0 Å². The molecule has 0 bridgehead atoms. The fourth-order valence-electron chi connectivity index (χ4n) is 1.39. The molecule has 1 aromatic carbocycles. The first-order valence-electron chi connectivity index (χ1n) is 5.11. The number of aromatic nitrogens is 2. The van der Waals surface area contributed by atoms with Crippen molar-refractivity contribution in [2.24, 2.45) is 0 Å². The topological polar surface area (TPSA) is 72.0 Å². The Kier molecular flexibility index (Phi) is 3.68. The molecule has 1 aromatic heterocycles. The molecule has 2 aromatic rings. The highest BCUT2D eigenvalue weighted by Crippen LogP contribution is 2.21. The van der Waals surface area contributed by atoms with Gasteiger partial charge < -0.3 is 5.32 Å². The lowest BCUT2D eigenvalue weighted by Crippen LogP contribution is -2.03. The highest BCUT2D eigenvalue weighted by atomic mass is 35.5. The Hall–Kier alpha value is -1.73. The minimum Gasteiger partial charge on any atom is -0.324 e. The molecule has 0 radical (unpaired) electrons. The molecule has 5 nitrogen and oxygen atoms in total. The Labute approximate surface area is 114 Å². The van der Waals surface area contributed by atoms with Crippen LogP contribution in [-0.4, -0.2) is 24.6 Å². The van der Waals surface area contributed by atoms with Crippen LogP contribution in [0.15, 0.2) is 35.4 Å². The highest BCUT2D eigenvalue weighted by Gasteiger charge is 2.14. The smallest absolute Gasteiger partial charge is 0.228 e.